The van der Waals surface area contributed by atoms with Gasteiger partial charge in [0.05, 0.1) is 19.2 Å². The van der Waals surface area contributed by atoms with Crippen molar-refractivity contribution in [3.8, 4) is 11.5 Å². The number of hydrogen-bond acceptors (Lipinski definition) is 3. The second-order valence-corrected chi connectivity index (χ2v) is 4.92. The van der Waals surface area contributed by atoms with E-state index in [1.807, 2.05) is 42.5 Å². The molecule has 0 aromatic heterocycles. The van der Waals surface area contributed by atoms with Gasteiger partial charge in [-0.2, -0.15) is 0 Å². The SMILES string of the molecule is COc1ccc(C(N)Cc2ccccc2OC)cc1Cl. The van der Waals surface area contributed by atoms with Crippen molar-refractivity contribution < 1.29 is 9.47 Å². The van der Waals surface area contributed by atoms with Gasteiger partial charge >= 0.3 is 0 Å². The van der Waals surface area contributed by atoms with Crippen molar-refractivity contribution >= 4 is 11.6 Å². The molecular formula is C16H18ClNO2. The number of benzene rings is 2. The Morgan fingerprint density at radius 3 is 2.40 bits per heavy atom. The Kier molecular flexibility index (Phi) is 4.88. The summed E-state index contributed by atoms with van der Waals surface area (Å²) in [5.74, 6) is 1.50. The first-order chi connectivity index (χ1) is 9.65. The van der Waals surface area contributed by atoms with Crippen LogP contribution in [0, 0.1) is 0 Å². The minimum atomic E-state index is -0.144. The molecule has 0 spiro atoms. The molecule has 1 unspecified atom stereocenters. The van der Waals surface area contributed by atoms with Crippen LogP contribution in [0.3, 0.4) is 0 Å². The highest BCUT2D eigenvalue weighted by molar-refractivity contribution is 6.32. The molecule has 3 nitrogen and oxygen atoms in total. The molecule has 2 rings (SSSR count). The van der Waals surface area contributed by atoms with Gasteiger partial charge in [-0.25, -0.2) is 0 Å². The third kappa shape index (κ3) is 3.24. The molecule has 0 amide bonds. The van der Waals surface area contributed by atoms with E-state index in [2.05, 4.69) is 0 Å². The summed E-state index contributed by atoms with van der Waals surface area (Å²) in [5, 5.41) is 0.570. The van der Waals surface area contributed by atoms with Gasteiger partial charge in [-0.3, -0.25) is 0 Å². The maximum absolute atomic E-state index is 6.26. The summed E-state index contributed by atoms with van der Waals surface area (Å²) in [5.41, 5.74) is 8.31. The van der Waals surface area contributed by atoms with Crippen LogP contribution in [0.2, 0.25) is 5.02 Å². The second-order valence-electron chi connectivity index (χ2n) is 4.52. The summed E-state index contributed by atoms with van der Waals surface area (Å²) in [6, 6.07) is 13.3. The third-order valence-corrected chi connectivity index (χ3v) is 3.53. The Morgan fingerprint density at radius 2 is 1.75 bits per heavy atom. The number of rotatable bonds is 5. The first-order valence-electron chi connectivity index (χ1n) is 6.36. The first-order valence-corrected chi connectivity index (χ1v) is 6.74. The predicted octanol–water partition coefficient (Wildman–Crippen LogP) is 3.60. The highest BCUT2D eigenvalue weighted by Crippen LogP contribution is 2.29. The third-order valence-electron chi connectivity index (χ3n) is 3.24. The van der Waals surface area contributed by atoms with E-state index < -0.39 is 0 Å². The van der Waals surface area contributed by atoms with Crippen LogP contribution in [-0.4, -0.2) is 14.2 Å². The lowest BCUT2D eigenvalue weighted by molar-refractivity contribution is 0.408. The van der Waals surface area contributed by atoms with E-state index in [0.29, 0.717) is 17.2 Å². The number of methoxy groups -OCH3 is 2. The second kappa shape index (κ2) is 6.64. The van der Waals surface area contributed by atoms with Crippen LogP contribution in [0.25, 0.3) is 0 Å². The minimum absolute atomic E-state index is 0.144. The van der Waals surface area contributed by atoms with Crippen molar-refractivity contribution in [2.24, 2.45) is 5.73 Å². The van der Waals surface area contributed by atoms with Gasteiger partial charge in [0.15, 0.2) is 0 Å². The molecule has 0 saturated carbocycles. The molecule has 0 saturated heterocycles. The van der Waals surface area contributed by atoms with Gasteiger partial charge in [-0.1, -0.05) is 35.9 Å². The zero-order chi connectivity index (χ0) is 14.5. The van der Waals surface area contributed by atoms with Crippen LogP contribution in [0.4, 0.5) is 0 Å². The highest BCUT2D eigenvalue weighted by Gasteiger charge is 2.12. The minimum Gasteiger partial charge on any atom is -0.496 e. The highest BCUT2D eigenvalue weighted by atomic mass is 35.5. The lowest BCUT2D eigenvalue weighted by Gasteiger charge is -2.15. The van der Waals surface area contributed by atoms with Gasteiger partial charge < -0.3 is 15.2 Å². The molecule has 2 N–H and O–H groups in total. The summed E-state index contributed by atoms with van der Waals surface area (Å²) in [6.45, 7) is 0. The van der Waals surface area contributed by atoms with Gasteiger partial charge in [-0.05, 0) is 35.7 Å². The molecule has 20 heavy (non-hydrogen) atoms. The lowest BCUT2D eigenvalue weighted by Crippen LogP contribution is -2.14. The molecular weight excluding hydrogens is 274 g/mol. The van der Waals surface area contributed by atoms with E-state index >= 15 is 0 Å². The summed E-state index contributed by atoms with van der Waals surface area (Å²) in [4.78, 5) is 0. The van der Waals surface area contributed by atoms with Crippen LogP contribution >= 0.6 is 11.6 Å². The van der Waals surface area contributed by atoms with Crippen LogP contribution in [-0.2, 0) is 6.42 Å². The average molecular weight is 292 g/mol. The number of nitrogens with two attached hydrogens (primary N) is 1. The number of para-hydroxylation sites is 1. The van der Waals surface area contributed by atoms with E-state index in [1.165, 1.54) is 0 Å². The van der Waals surface area contributed by atoms with Crippen LogP contribution in [0.1, 0.15) is 17.2 Å². The monoisotopic (exact) mass is 291 g/mol. The first kappa shape index (κ1) is 14.7. The van der Waals surface area contributed by atoms with Crippen molar-refractivity contribution in [3.05, 3.63) is 58.6 Å². The molecule has 2 aromatic rings. The maximum Gasteiger partial charge on any atom is 0.137 e. The summed E-state index contributed by atoms with van der Waals surface area (Å²) >= 11 is 6.13. The van der Waals surface area contributed by atoms with Gasteiger partial charge in [0.25, 0.3) is 0 Å². The Labute approximate surface area is 124 Å². The molecule has 0 aliphatic rings. The molecule has 0 radical (unpaired) electrons. The summed E-state index contributed by atoms with van der Waals surface area (Å²) in [7, 11) is 3.25. The number of ether oxygens (including phenoxy) is 2. The Balaban J connectivity index is 2.19. The van der Waals surface area contributed by atoms with Crippen molar-refractivity contribution in [2.75, 3.05) is 14.2 Å². The van der Waals surface area contributed by atoms with Crippen molar-refractivity contribution in [1.82, 2.24) is 0 Å². The van der Waals surface area contributed by atoms with Gasteiger partial charge in [0, 0.05) is 6.04 Å². The lowest BCUT2D eigenvalue weighted by atomic mass is 9.99. The van der Waals surface area contributed by atoms with Crippen LogP contribution < -0.4 is 15.2 Å². The molecule has 2 aromatic carbocycles. The molecule has 0 fully saturated rings. The van der Waals surface area contributed by atoms with E-state index in [1.54, 1.807) is 14.2 Å². The largest absolute Gasteiger partial charge is 0.496 e. The van der Waals surface area contributed by atoms with Crippen molar-refractivity contribution in [3.63, 3.8) is 0 Å². The van der Waals surface area contributed by atoms with Gasteiger partial charge in [-0.15, -0.1) is 0 Å². The van der Waals surface area contributed by atoms with Gasteiger partial charge in [0.1, 0.15) is 11.5 Å². The standard InChI is InChI=1S/C16H18ClNO2/c1-19-15-6-4-3-5-12(15)10-14(18)11-7-8-16(20-2)13(17)9-11/h3-9,14H,10,18H2,1-2H3. The Bertz CT molecular complexity index is 586. The molecule has 1 atom stereocenters. The van der Waals surface area contributed by atoms with Crippen molar-refractivity contribution in [2.45, 2.75) is 12.5 Å². The Morgan fingerprint density at radius 1 is 1.05 bits per heavy atom. The van der Waals surface area contributed by atoms with E-state index in [9.17, 15) is 0 Å². The maximum atomic E-state index is 6.26. The summed E-state index contributed by atoms with van der Waals surface area (Å²) in [6.07, 6.45) is 0.687. The van der Waals surface area contributed by atoms with E-state index in [4.69, 9.17) is 26.8 Å². The smallest absolute Gasteiger partial charge is 0.137 e. The number of halogens is 1. The number of hydrogen-bond donors (Lipinski definition) is 1. The fraction of sp³-hybridized carbons (Fsp3) is 0.250. The van der Waals surface area contributed by atoms with Gasteiger partial charge in [0.2, 0.25) is 0 Å². The molecule has 4 heteroatoms. The molecule has 0 aliphatic heterocycles. The van der Waals surface area contributed by atoms with Crippen LogP contribution in [0.5, 0.6) is 11.5 Å². The molecule has 0 bridgehead atoms. The topological polar surface area (TPSA) is 44.5 Å². The average Bonchev–Trinajstić information content (AvgIpc) is 2.47. The molecule has 106 valence electrons. The summed E-state index contributed by atoms with van der Waals surface area (Å²) < 4.78 is 10.5. The zero-order valence-corrected chi connectivity index (χ0v) is 12.4. The molecule has 0 heterocycles. The normalized spacial score (nSPS) is 12.0. The van der Waals surface area contributed by atoms with Crippen LogP contribution in [0.15, 0.2) is 42.5 Å². The fourth-order valence-electron chi connectivity index (χ4n) is 2.14. The van der Waals surface area contributed by atoms with E-state index in [0.717, 1.165) is 16.9 Å². The zero-order valence-electron chi connectivity index (χ0n) is 11.6. The predicted molar refractivity (Wildman–Crippen MR) is 81.6 cm³/mol. The quantitative estimate of drug-likeness (QED) is 0.915. The fourth-order valence-corrected chi connectivity index (χ4v) is 2.41. The Hall–Kier alpha value is -1.71. The molecule has 0 aliphatic carbocycles. The van der Waals surface area contributed by atoms with E-state index in [-0.39, 0.29) is 6.04 Å². The van der Waals surface area contributed by atoms with Crippen molar-refractivity contribution in [1.29, 1.82) is 0 Å².